The van der Waals surface area contributed by atoms with Crippen LogP contribution in [0.15, 0.2) is 36.6 Å². The van der Waals surface area contributed by atoms with Crippen LogP contribution >= 0.6 is 0 Å². The Labute approximate surface area is 68.7 Å². The van der Waals surface area contributed by atoms with Crippen LogP contribution in [0.2, 0.25) is 0 Å². The number of rotatable bonds is 2. The number of likely N-dealkylation sites (tertiary alicyclic amines) is 1. The average molecular weight is 149 g/mol. The second-order valence-corrected chi connectivity index (χ2v) is 3.00. The number of hydrogen-bond donors (Lipinski definition) is 0. The molecular formula is C10H15N. The predicted octanol–water partition coefficient (Wildman–Crippen LogP) is 2.34. The second-order valence-electron chi connectivity index (χ2n) is 3.00. The van der Waals surface area contributed by atoms with Gasteiger partial charge in [0.1, 0.15) is 0 Å². The Bertz CT molecular complexity index is 201. The van der Waals surface area contributed by atoms with E-state index in [1.807, 2.05) is 6.08 Å². The third-order valence-electron chi connectivity index (χ3n) is 1.90. The molecule has 0 bridgehead atoms. The quantitative estimate of drug-likeness (QED) is 0.545. The van der Waals surface area contributed by atoms with Gasteiger partial charge >= 0.3 is 0 Å². The Hall–Kier alpha value is -0.980. The predicted molar refractivity (Wildman–Crippen MR) is 49.3 cm³/mol. The molecule has 0 aliphatic carbocycles. The molecule has 1 heteroatoms. The highest BCUT2D eigenvalue weighted by molar-refractivity contribution is 5.21. The maximum atomic E-state index is 3.95. The summed E-state index contributed by atoms with van der Waals surface area (Å²) < 4.78 is 0. The van der Waals surface area contributed by atoms with Crippen molar-refractivity contribution in [1.29, 1.82) is 0 Å². The third-order valence-corrected chi connectivity index (χ3v) is 1.90. The standard InChI is InChI=1S/C10H15N/c1-4-5-6-10-7-9(2)8-11(10)3/h4,6H,1-2,5,7-8H2,3H3/b10-6+. The first-order chi connectivity index (χ1) is 5.24. The lowest BCUT2D eigenvalue weighted by atomic mass is 10.2. The zero-order chi connectivity index (χ0) is 8.27. The fourth-order valence-electron chi connectivity index (χ4n) is 1.33. The fraction of sp³-hybridized carbons (Fsp3) is 0.400. The van der Waals surface area contributed by atoms with Crippen molar-refractivity contribution in [3.8, 4) is 0 Å². The maximum absolute atomic E-state index is 3.95. The SMILES string of the molecule is C=CC/C=C1\CC(=C)CN1C. The molecule has 0 aromatic heterocycles. The lowest BCUT2D eigenvalue weighted by molar-refractivity contribution is 0.494. The molecule has 0 radical (unpaired) electrons. The zero-order valence-electron chi connectivity index (χ0n) is 7.14. The van der Waals surface area contributed by atoms with E-state index in [2.05, 4.69) is 31.2 Å². The highest BCUT2D eigenvalue weighted by Gasteiger charge is 2.14. The largest absolute Gasteiger partial charge is 0.374 e. The van der Waals surface area contributed by atoms with E-state index in [0.717, 1.165) is 19.4 Å². The van der Waals surface area contributed by atoms with Crippen molar-refractivity contribution >= 4 is 0 Å². The zero-order valence-corrected chi connectivity index (χ0v) is 7.14. The van der Waals surface area contributed by atoms with Gasteiger partial charge in [0.15, 0.2) is 0 Å². The smallest absolute Gasteiger partial charge is 0.0383 e. The van der Waals surface area contributed by atoms with E-state index in [-0.39, 0.29) is 0 Å². The highest BCUT2D eigenvalue weighted by Crippen LogP contribution is 2.22. The van der Waals surface area contributed by atoms with Gasteiger partial charge in [0.05, 0.1) is 0 Å². The Morgan fingerprint density at radius 1 is 1.64 bits per heavy atom. The van der Waals surface area contributed by atoms with Crippen molar-refractivity contribution in [2.75, 3.05) is 13.6 Å². The van der Waals surface area contributed by atoms with Crippen molar-refractivity contribution in [3.63, 3.8) is 0 Å². The van der Waals surface area contributed by atoms with Gasteiger partial charge in [0.25, 0.3) is 0 Å². The van der Waals surface area contributed by atoms with Crippen LogP contribution in [0.5, 0.6) is 0 Å². The lowest BCUT2D eigenvalue weighted by Gasteiger charge is -2.10. The first-order valence-corrected chi connectivity index (χ1v) is 3.91. The second kappa shape index (κ2) is 3.42. The van der Waals surface area contributed by atoms with E-state index in [0.29, 0.717) is 0 Å². The van der Waals surface area contributed by atoms with Gasteiger partial charge in [0.2, 0.25) is 0 Å². The van der Waals surface area contributed by atoms with Gasteiger partial charge in [0, 0.05) is 25.7 Å². The summed E-state index contributed by atoms with van der Waals surface area (Å²) in [5.74, 6) is 0. The molecule has 1 aliphatic rings. The molecule has 11 heavy (non-hydrogen) atoms. The van der Waals surface area contributed by atoms with Crippen LogP contribution in [-0.2, 0) is 0 Å². The number of hydrogen-bond acceptors (Lipinski definition) is 1. The van der Waals surface area contributed by atoms with Crippen LogP contribution in [0.4, 0.5) is 0 Å². The summed E-state index contributed by atoms with van der Waals surface area (Å²) in [4.78, 5) is 2.24. The molecule has 1 aliphatic heterocycles. The molecule has 60 valence electrons. The van der Waals surface area contributed by atoms with Crippen LogP contribution in [-0.4, -0.2) is 18.5 Å². The van der Waals surface area contributed by atoms with Gasteiger partial charge in [-0.25, -0.2) is 0 Å². The van der Waals surface area contributed by atoms with Crippen molar-refractivity contribution < 1.29 is 0 Å². The van der Waals surface area contributed by atoms with E-state index in [4.69, 9.17) is 0 Å². The maximum Gasteiger partial charge on any atom is 0.0383 e. The lowest BCUT2D eigenvalue weighted by Crippen LogP contribution is -2.10. The molecule has 1 nitrogen and oxygen atoms in total. The van der Waals surface area contributed by atoms with Crippen LogP contribution in [0.1, 0.15) is 12.8 Å². The van der Waals surface area contributed by atoms with E-state index >= 15 is 0 Å². The van der Waals surface area contributed by atoms with Gasteiger partial charge in [-0.2, -0.15) is 0 Å². The first kappa shape index (κ1) is 8.12. The summed E-state index contributed by atoms with van der Waals surface area (Å²) in [5.41, 5.74) is 2.69. The molecular weight excluding hydrogens is 134 g/mol. The van der Waals surface area contributed by atoms with Gasteiger partial charge in [-0.15, -0.1) is 6.58 Å². The van der Waals surface area contributed by atoms with Crippen LogP contribution in [0.25, 0.3) is 0 Å². The van der Waals surface area contributed by atoms with E-state index in [1.165, 1.54) is 11.3 Å². The van der Waals surface area contributed by atoms with Gasteiger partial charge in [-0.05, 0) is 6.42 Å². The van der Waals surface area contributed by atoms with Crippen LogP contribution in [0, 0.1) is 0 Å². The normalized spacial score (nSPS) is 21.4. The van der Waals surface area contributed by atoms with E-state index in [1.54, 1.807) is 0 Å². The monoisotopic (exact) mass is 149 g/mol. The third kappa shape index (κ3) is 1.97. The summed E-state index contributed by atoms with van der Waals surface area (Å²) in [6.07, 6.45) is 6.14. The molecule has 1 fully saturated rings. The number of likely N-dealkylation sites (N-methyl/N-ethyl adjacent to an activating group) is 1. The Balaban J connectivity index is 2.58. The van der Waals surface area contributed by atoms with Gasteiger partial charge < -0.3 is 4.90 Å². The van der Waals surface area contributed by atoms with E-state index in [9.17, 15) is 0 Å². The summed E-state index contributed by atoms with van der Waals surface area (Å²) in [6, 6.07) is 0. The highest BCUT2D eigenvalue weighted by atomic mass is 15.1. The molecule has 0 aromatic carbocycles. The summed E-state index contributed by atoms with van der Waals surface area (Å²) in [5, 5.41) is 0. The van der Waals surface area contributed by atoms with Crippen molar-refractivity contribution in [1.82, 2.24) is 4.90 Å². The van der Waals surface area contributed by atoms with Crippen molar-refractivity contribution in [2.24, 2.45) is 0 Å². The van der Waals surface area contributed by atoms with E-state index < -0.39 is 0 Å². The minimum atomic E-state index is 0.965. The molecule has 0 aromatic rings. The molecule has 0 N–H and O–H groups in total. The molecule has 0 unspecified atom stereocenters. The number of allylic oxidation sites excluding steroid dienone is 3. The topological polar surface area (TPSA) is 3.24 Å². The molecule has 1 saturated heterocycles. The number of nitrogens with zero attached hydrogens (tertiary/aromatic N) is 1. The van der Waals surface area contributed by atoms with Crippen LogP contribution in [0.3, 0.4) is 0 Å². The molecule has 0 atom stereocenters. The molecule has 0 amide bonds. The minimum absolute atomic E-state index is 0.965. The Morgan fingerprint density at radius 3 is 2.82 bits per heavy atom. The summed E-state index contributed by atoms with van der Waals surface area (Å²) in [7, 11) is 2.10. The summed E-state index contributed by atoms with van der Waals surface area (Å²) >= 11 is 0. The summed E-state index contributed by atoms with van der Waals surface area (Å²) in [6.45, 7) is 8.65. The van der Waals surface area contributed by atoms with Crippen molar-refractivity contribution in [2.45, 2.75) is 12.8 Å². The first-order valence-electron chi connectivity index (χ1n) is 3.91. The van der Waals surface area contributed by atoms with Crippen molar-refractivity contribution in [3.05, 3.63) is 36.6 Å². The molecule has 0 saturated carbocycles. The average Bonchev–Trinajstić information content (AvgIpc) is 2.26. The molecule has 1 rings (SSSR count). The molecule has 1 heterocycles. The minimum Gasteiger partial charge on any atom is -0.374 e. The Kier molecular flexibility index (Phi) is 2.53. The fourth-order valence-corrected chi connectivity index (χ4v) is 1.33. The Morgan fingerprint density at radius 2 is 2.36 bits per heavy atom. The van der Waals surface area contributed by atoms with Gasteiger partial charge in [-0.1, -0.05) is 24.3 Å². The van der Waals surface area contributed by atoms with Crippen LogP contribution < -0.4 is 0 Å². The van der Waals surface area contributed by atoms with Gasteiger partial charge in [-0.3, -0.25) is 0 Å². The molecule has 0 spiro atoms.